The van der Waals surface area contributed by atoms with Gasteiger partial charge in [0.15, 0.2) is 0 Å². The van der Waals surface area contributed by atoms with Crippen molar-refractivity contribution in [1.29, 1.82) is 0 Å². The average Bonchev–Trinajstić information content (AvgIpc) is 2.66. The van der Waals surface area contributed by atoms with Gasteiger partial charge in [0.1, 0.15) is 0 Å². The minimum atomic E-state index is 1.11. The van der Waals surface area contributed by atoms with Gasteiger partial charge in [0.25, 0.3) is 0 Å². The molecule has 0 fully saturated rings. The van der Waals surface area contributed by atoms with E-state index >= 15 is 0 Å². The molecule has 0 heterocycles. The highest BCUT2D eigenvalue weighted by Gasteiger charge is 2.23. The predicted molar refractivity (Wildman–Crippen MR) is 78.4 cm³/mol. The van der Waals surface area contributed by atoms with Gasteiger partial charge >= 0.3 is 0 Å². The maximum absolute atomic E-state index is 2.38. The first-order valence-corrected chi connectivity index (χ1v) is 6.69. The molecule has 0 nitrogen and oxygen atoms in total. The summed E-state index contributed by atoms with van der Waals surface area (Å²) in [6.45, 7) is 11.2. The monoisotopic (exact) mass is 236 g/mol. The molecule has 0 heteroatoms. The molecule has 0 spiro atoms. The fraction of sp³-hybridized carbons (Fsp3) is 0.333. The van der Waals surface area contributed by atoms with Crippen LogP contribution in [0.15, 0.2) is 18.2 Å². The molecule has 0 atom stereocenters. The molecule has 0 bridgehead atoms. The van der Waals surface area contributed by atoms with E-state index in [0.29, 0.717) is 0 Å². The Bertz CT molecular complexity index is 660. The van der Waals surface area contributed by atoms with Crippen molar-refractivity contribution >= 4 is 0 Å². The quantitative estimate of drug-likeness (QED) is 0.526. The standard InChI is InChI=1S/C18H20/c1-10-6-12(3)15-9-16-14(5)13(4)11(2)8-18(16)17(15)7-10/h6-8H,9H2,1-5H3. The van der Waals surface area contributed by atoms with E-state index < -0.39 is 0 Å². The van der Waals surface area contributed by atoms with Crippen molar-refractivity contribution in [3.63, 3.8) is 0 Å². The molecule has 1 aliphatic carbocycles. The molecule has 0 amide bonds. The van der Waals surface area contributed by atoms with Gasteiger partial charge in [-0.05, 0) is 85.5 Å². The minimum Gasteiger partial charge on any atom is -0.0561 e. The van der Waals surface area contributed by atoms with Gasteiger partial charge in [0.2, 0.25) is 0 Å². The van der Waals surface area contributed by atoms with Crippen molar-refractivity contribution in [2.24, 2.45) is 0 Å². The second-order valence-corrected chi connectivity index (χ2v) is 5.75. The number of fused-ring (bicyclic) bond motifs is 3. The van der Waals surface area contributed by atoms with Crippen molar-refractivity contribution < 1.29 is 0 Å². The number of hydrogen-bond donors (Lipinski definition) is 0. The van der Waals surface area contributed by atoms with Crippen LogP contribution in [-0.2, 0) is 6.42 Å². The minimum absolute atomic E-state index is 1.11. The summed E-state index contributed by atoms with van der Waals surface area (Å²) in [5.41, 5.74) is 13.2. The van der Waals surface area contributed by atoms with Crippen molar-refractivity contribution in [1.82, 2.24) is 0 Å². The molecule has 0 unspecified atom stereocenters. The zero-order valence-corrected chi connectivity index (χ0v) is 11.9. The zero-order chi connectivity index (χ0) is 13.0. The van der Waals surface area contributed by atoms with Crippen LogP contribution < -0.4 is 0 Å². The van der Waals surface area contributed by atoms with E-state index in [1.807, 2.05) is 0 Å². The van der Waals surface area contributed by atoms with Crippen LogP contribution >= 0.6 is 0 Å². The van der Waals surface area contributed by atoms with Crippen LogP contribution in [0.1, 0.15) is 38.9 Å². The lowest BCUT2D eigenvalue weighted by Gasteiger charge is -2.11. The first-order valence-electron chi connectivity index (χ1n) is 6.69. The maximum atomic E-state index is 2.38. The van der Waals surface area contributed by atoms with Crippen LogP contribution in [-0.4, -0.2) is 0 Å². The molecule has 18 heavy (non-hydrogen) atoms. The van der Waals surface area contributed by atoms with Crippen LogP contribution in [0, 0.1) is 34.6 Å². The first kappa shape index (κ1) is 11.5. The smallest absolute Gasteiger partial charge is 0.000809 e. The molecule has 0 N–H and O–H groups in total. The number of hydrogen-bond acceptors (Lipinski definition) is 0. The highest BCUT2D eigenvalue weighted by molar-refractivity contribution is 5.80. The molecule has 0 saturated carbocycles. The lowest BCUT2D eigenvalue weighted by atomic mass is 9.94. The van der Waals surface area contributed by atoms with E-state index in [0.717, 1.165) is 6.42 Å². The Morgan fingerprint density at radius 1 is 0.667 bits per heavy atom. The van der Waals surface area contributed by atoms with Gasteiger partial charge < -0.3 is 0 Å². The largest absolute Gasteiger partial charge is 0.0561 e. The highest BCUT2D eigenvalue weighted by Crippen LogP contribution is 2.42. The number of aryl methyl sites for hydroxylation is 3. The normalized spacial score (nSPS) is 12.5. The van der Waals surface area contributed by atoms with Gasteiger partial charge in [0, 0.05) is 0 Å². The van der Waals surface area contributed by atoms with Crippen LogP contribution in [0.3, 0.4) is 0 Å². The topological polar surface area (TPSA) is 0 Å². The van der Waals surface area contributed by atoms with E-state index in [1.165, 1.54) is 44.5 Å². The second-order valence-electron chi connectivity index (χ2n) is 5.75. The van der Waals surface area contributed by atoms with E-state index in [2.05, 4.69) is 52.8 Å². The van der Waals surface area contributed by atoms with Gasteiger partial charge in [-0.15, -0.1) is 0 Å². The lowest BCUT2D eigenvalue weighted by molar-refractivity contribution is 1.15. The van der Waals surface area contributed by atoms with Crippen LogP contribution in [0.4, 0.5) is 0 Å². The van der Waals surface area contributed by atoms with Crippen LogP contribution in [0.25, 0.3) is 11.1 Å². The molecule has 1 aliphatic rings. The maximum Gasteiger partial charge on any atom is -0.000809 e. The summed E-state index contributed by atoms with van der Waals surface area (Å²) in [5.74, 6) is 0. The van der Waals surface area contributed by atoms with Crippen LogP contribution in [0.2, 0.25) is 0 Å². The summed E-state index contributed by atoms with van der Waals surface area (Å²) < 4.78 is 0. The Morgan fingerprint density at radius 3 is 2.06 bits per heavy atom. The molecule has 3 rings (SSSR count). The predicted octanol–water partition coefficient (Wildman–Crippen LogP) is 4.80. The Labute approximate surface area is 110 Å². The summed E-state index contributed by atoms with van der Waals surface area (Å²) >= 11 is 0. The third-order valence-corrected chi connectivity index (χ3v) is 4.55. The summed E-state index contributed by atoms with van der Waals surface area (Å²) in [4.78, 5) is 0. The van der Waals surface area contributed by atoms with Crippen molar-refractivity contribution in [2.45, 2.75) is 41.0 Å². The molecule has 92 valence electrons. The van der Waals surface area contributed by atoms with Crippen molar-refractivity contribution in [3.8, 4) is 11.1 Å². The van der Waals surface area contributed by atoms with Crippen molar-refractivity contribution in [2.75, 3.05) is 0 Å². The summed E-state index contributed by atoms with van der Waals surface area (Å²) in [5, 5.41) is 0. The van der Waals surface area contributed by atoms with Gasteiger partial charge in [-0.2, -0.15) is 0 Å². The second kappa shape index (κ2) is 3.71. The summed E-state index contributed by atoms with van der Waals surface area (Å²) in [6.07, 6.45) is 1.11. The van der Waals surface area contributed by atoms with Crippen LogP contribution in [0.5, 0.6) is 0 Å². The van der Waals surface area contributed by atoms with E-state index in [-0.39, 0.29) is 0 Å². The number of rotatable bonds is 0. The van der Waals surface area contributed by atoms with Gasteiger partial charge in [0.05, 0.1) is 0 Å². The summed E-state index contributed by atoms with van der Waals surface area (Å²) in [6, 6.07) is 7.03. The Morgan fingerprint density at radius 2 is 1.33 bits per heavy atom. The highest BCUT2D eigenvalue weighted by atomic mass is 14.3. The van der Waals surface area contributed by atoms with E-state index in [4.69, 9.17) is 0 Å². The van der Waals surface area contributed by atoms with E-state index in [9.17, 15) is 0 Å². The third kappa shape index (κ3) is 1.45. The molecule has 0 saturated heterocycles. The van der Waals surface area contributed by atoms with Gasteiger partial charge in [-0.1, -0.05) is 23.8 Å². The van der Waals surface area contributed by atoms with E-state index in [1.54, 1.807) is 5.56 Å². The fourth-order valence-corrected chi connectivity index (χ4v) is 3.25. The Kier molecular flexibility index (Phi) is 2.38. The number of benzene rings is 2. The SMILES string of the molecule is Cc1cc(C)c2c(c1)-c1cc(C)c(C)c(C)c1C2. The molecular formula is C18H20. The fourth-order valence-electron chi connectivity index (χ4n) is 3.25. The van der Waals surface area contributed by atoms with Gasteiger partial charge in [-0.25, -0.2) is 0 Å². The zero-order valence-electron chi connectivity index (χ0n) is 11.9. The third-order valence-electron chi connectivity index (χ3n) is 4.55. The molecule has 0 radical (unpaired) electrons. The summed E-state index contributed by atoms with van der Waals surface area (Å²) in [7, 11) is 0. The molecule has 0 aromatic heterocycles. The molecule has 2 aromatic carbocycles. The Balaban J connectivity index is 2.35. The van der Waals surface area contributed by atoms with Crippen molar-refractivity contribution in [3.05, 3.63) is 57.1 Å². The lowest BCUT2D eigenvalue weighted by Crippen LogP contribution is -1.93. The molecule has 0 aliphatic heterocycles. The first-order chi connectivity index (χ1) is 8.49. The molecule has 2 aromatic rings. The molecular weight excluding hydrogens is 216 g/mol. The Hall–Kier alpha value is -1.56. The average molecular weight is 236 g/mol. The van der Waals surface area contributed by atoms with Gasteiger partial charge in [-0.3, -0.25) is 0 Å².